The number of para-hydroxylation sites is 1. The van der Waals surface area contributed by atoms with Crippen LogP contribution < -0.4 is 9.64 Å². The molecule has 1 aliphatic rings. The van der Waals surface area contributed by atoms with Crippen molar-refractivity contribution in [3.8, 4) is 5.75 Å². The average Bonchev–Trinajstić information content (AvgIpc) is 2.75. The highest BCUT2D eigenvalue weighted by molar-refractivity contribution is 6.39. The van der Waals surface area contributed by atoms with E-state index >= 15 is 0 Å². The first-order valence-electron chi connectivity index (χ1n) is 9.68. The van der Waals surface area contributed by atoms with Crippen LogP contribution in [0.5, 0.6) is 5.75 Å². The number of hydrogen-bond donors (Lipinski definition) is 2. The number of halogens is 2. The van der Waals surface area contributed by atoms with E-state index in [0.717, 1.165) is 5.56 Å². The Kier molecular flexibility index (Phi) is 5.95. The molecule has 1 aliphatic heterocycles. The molecule has 1 heterocycles. The fraction of sp³-hybridized carbons (Fsp3) is 0.174. The van der Waals surface area contributed by atoms with E-state index in [1.807, 2.05) is 12.1 Å². The number of carboxylic acid groups (broad SMARTS) is 2. The number of aryl methyl sites for hydroxylation is 1. The summed E-state index contributed by atoms with van der Waals surface area (Å²) in [4.78, 5) is 37.7. The number of fused-ring (bicyclic) bond motifs is 2. The van der Waals surface area contributed by atoms with Crippen LogP contribution >= 0.6 is 23.2 Å². The monoisotopic (exact) mass is 473 g/mol. The van der Waals surface area contributed by atoms with Crippen LogP contribution in [0.3, 0.4) is 0 Å². The molecule has 1 atom stereocenters. The Balaban J connectivity index is 1.69. The first-order chi connectivity index (χ1) is 15.3. The van der Waals surface area contributed by atoms with Gasteiger partial charge in [-0.05, 0) is 54.1 Å². The van der Waals surface area contributed by atoms with E-state index < -0.39 is 30.5 Å². The first kappa shape index (κ1) is 21.9. The zero-order valence-corrected chi connectivity index (χ0v) is 18.1. The van der Waals surface area contributed by atoms with Crippen molar-refractivity contribution in [1.29, 1.82) is 0 Å². The van der Waals surface area contributed by atoms with Gasteiger partial charge in [0, 0.05) is 16.1 Å². The summed E-state index contributed by atoms with van der Waals surface area (Å²) in [5, 5.41) is 20.5. The van der Waals surface area contributed by atoms with Gasteiger partial charge < -0.3 is 14.9 Å². The minimum absolute atomic E-state index is 0.0648. The summed E-state index contributed by atoms with van der Waals surface area (Å²) in [6.45, 7) is -0.505. The standard InChI is InChI=1S/C23H17Cl2NO6/c24-15-8-13-7-14(22(28)29)9-19(21(13)16(25)10-15)32-11-20(27)26-17-4-2-1-3-12(17)5-6-18(26)23(30)31/h1-4,7-10,18H,5-6,11H2,(H,28,29)(H,30,31). The molecule has 0 aliphatic carbocycles. The topological polar surface area (TPSA) is 104 Å². The minimum atomic E-state index is -1.19. The van der Waals surface area contributed by atoms with Crippen molar-refractivity contribution in [3.05, 3.63) is 69.7 Å². The van der Waals surface area contributed by atoms with Crippen molar-refractivity contribution >= 4 is 57.5 Å². The molecule has 7 nitrogen and oxygen atoms in total. The van der Waals surface area contributed by atoms with Gasteiger partial charge in [0.25, 0.3) is 5.91 Å². The van der Waals surface area contributed by atoms with Crippen molar-refractivity contribution in [2.24, 2.45) is 0 Å². The lowest BCUT2D eigenvalue weighted by atomic mass is 9.95. The van der Waals surface area contributed by atoms with Crippen molar-refractivity contribution in [3.63, 3.8) is 0 Å². The van der Waals surface area contributed by atoms with Crippen LogP contribution in [0, 0.1) is 0 Å². The van der Waals surface area contributed by atoms with E-state index in [-0.39, 0.29) is 22.8 Å². The molecule has 0 saturated heterocycles. The Morgan fingerprint density at radius 1 is 1.06 bits per heavy atom. The Labute approximate surface area is 192 Å². The Morgan fingerprint density at radius 2 is 1.81 bits per heavy atom. The summed E-state index contributed by atoms with van der Waals surface area (Å²) in [7, 11) is 0. The van der Waals surface area contributed by atoms with Gasteiger partial charge in [0.2, 0.25) is 0 Å². The number of aliphatic carboxylic acids is 1. The van der Waals surface area contributed by atoms with Crippen LogP contribution in [0.1, 0.15) is 22.3 Å². The Morgan fingerprint density at radius 3 is 2.53 bits per heavy atom. The fourth-order valence-corrected chi connectivity index (χ4v) is 4.53. The Bertz CT molecular complexity index is 1260. The lowest BCUT2D eigenvalue weighted by Gasteiger charge is -2.34. The van der Waals surface area contributed by atoms with Gasteiger partial charge in [0.15, 0.2) is 6.61 Å². The van der Waals surface area contributed by atoms with E-state index in [4.69, 9.17) is 27.9 Å². The number of hydrogen-bond acceptors (Lipinski definition) is 4. The number of ether oxygens (including phenoxy) is 1. The summed E-state index contributed by atoms with van der Waals surface area (Å²) in [6, 6.07) is 11.8. The summed E-state index contributed by atoms with van der Waals surface area (Å²) < 4.78 is 5.71. The SMILES string of the molecule is O=C(O)c1cc(OCC(=O)N2c3ccccc3CCC2C(=O)O)c2c(Cl)cc(Cl)cc2c1. The van der Waals surface area contributed by atoms with Gasteiger partial charge in [0.1, 0.15) is 11.8 Å². The third kappa shape index (κ3) is 4.09. The average molecular weight is 474 g/mol. The second-order valence-electron chi connectivity index (χ2n) is 7.34. The number of aromatic carboxylic acids is 1. The number of nitrogens with zero attached hydrogens (tertiary/aromatic N) is 1. The molecule has 1 amide bonds. The zero-order chi connectivity index (χ0) is 23.0. The van der Waals surface area contributed by atoms with E-state index in [1.54, 1.807) is 18.2 Å². The van der Waals surface area contributed by atoms with Gasteiger partial charge in [0.05, 0.1) is 10.6 Å². The number of carboxylic acids is 2. The molecular weight excluding hydrogens is 457 g/mol. The number of amides is 1. The molecule has 1 unspecified atom stereocenters. The van der Waals surface area contributed by atoms with Crippen molar-refractivity contribution in [2.45, 2.75) is 18.9 Å². The van der Waals surface area contributed by atoms with Gasteiger partial charge in [-0.1, -0.05) is 41.4 Å². The van der Waals surface area contributed by atoms with E-state index in [2.05, 4.69) is 0 Å². The maximum atomic E-state index is 13.1. The van der Waals surface area contributed by atoms with Gasteiger partial charge in [-0.3, -0.25) is 9.69 Å². The number of carbonyl (C=O) groups excluding carboxylic acids is 1. The molecular formula is C23H17Cl2NO6. The summed E-state index contributed by atoms with van der Waals surface area (Å²) in [5.74, 6) is -2.77. The smallest absolute Gasteiger partial charge is 0.335 e. The third-order valence-electron chi connectivity index (χ3n) is 5.33. The highest BCUT2D eigenvalue weighted by atomic mass is 35.5. The summed E-state index contributed by atoms with van der Waals surface area (Å²) in [5.41, 5.74) is 1.33. The van der Waals surface area contributed by atoms with Crippen LogP contribution in [0.25, 0.3) is 10.8 Å². The van der Waals surface area contributed by atoms with E-state index in [9.17, 15) is 24.6 Å². The lowest BCUT2D eigenvalue weighted by Crippen LogP contribution is -2.49. The molecule has 0 saturated carbocycles. The number of rotatable bonds is 5. The summed E-state index contributed by atoms with van der Waals surface area (Å²) in [6.07, 6.45) is 0.819. The van der Waals surface area contributed by atoms with Crippen molar-refractivity contribution in [2.75, 3.05) is 11.5 Å². The molecule has 2 N–H and O–H groups in total. The van der Waals surface area contributed by atoms with Crippen LogP contribution in [0.2, 0.25) is 10.0 Å². The first-order valence-corrected chi connectivity index (χ1v) is 10.4. The number of benzene rings is 3. The fourth-order valence-electron chi connectivity index (χ4n) is 3.92. The quantitative estimate of drug-likeness (QED) is 0.558. The zero-order valence-electron chi connectivity index (χ0n) is 16.5. The van der Waals surface area contributed by atoms with E-state index in [0.29, 0.717) is 27.9 Å². The highest BCUT2D eigenvalue weighted by Gasteiger charge is 2.35. The third-order valence-corrected chi connectivity index (χ3v) is 5.85. The molecule has 0 fully saturated rings. The minimum Gasteiger partial charge on any atom is -0.483 e. The predicted octanol–water partition coefficient (Wildman–Crippen LogP) is 4.66. The van der Waals surface area contributed by atoms with Crippen LogP contribution in [0.4, 0.5) is 5.69 Å². The maximum Gasteiger partial charge on any atom is 0.335 e. The van der Waals surface area contributed by atoms with E-state index in [1.165, 1.54) is 23.1 Å². The molecule has 9 heteroatoms. The summed E-state index contributed by atoms with van der Waals surface area (Å²) >= 11 is 12.4. The molecule has 4 rings (SSSR count). The van der Waals surface area contributed by atoms with Gasteiger partial charge in [-0.25, -0.2) is 9.59 Å². The Hall–Kier alpha value is -3.29. The van der Waals surface area contributed by atoms with Crippen molar-refractivity contribution in [1.82, 2.24) is 0 Å². The molecule has 0 aromatic heterocycles. The molecule has 3 aromatic rings. The maximum absolute atomic E-state index is 13.1. The second kappa shape index (κ2) is 8.68. The molecule has 0 bridgehead atoms. The van der Waals surface area contributed by atoms with Crippen LogP contribution in [-0.2, 0) is 16.0 Å². The normalized spacial score (nSPS) is 15.3. The molecule has 3 aromatic carbocycles. The van der Waals surface area contributed by atoms with Crippen LogP contribution in [-0.4, -0.2) is 40.7 Å². The predicted molar refractivity (Wildman–Crippen MR) is 120 cm³/mol. The molecule has 0 spiro atoms. The number of carbonyl (C=O) groups is 3. The lowest BCUT2D eigenvalue weighted by molar-refractivity contribution is -0.140. The second-order valence-corrected chi connectivity index (χ2v) is 8.18. The molecule has 164 valence electrons. The molecule has 0 radical (unpaired) electrons. The van der Waals surface area contributed by atoms with Gasteiger partial charge >= 0.3 is 11.9 Å². The van der Waals surface area contributed by atoms with Crippen LogP contribution in [0.15, 0.2) is 48.5 Å². The largest absolute Gasteiger partial charge is 0.483 e. The number of anilines is 1. The molecule has 32 heavy (non-hydrogen) atoms. The van der Waals surface area contributed by atoms with Crippen molar-refractivity contribution < 1.29 is 29.3 Å². The van der Waals surface area contributed by atoms with Gasteiger partial charge in [-0.15, -0.1) is 0 Å². The van der Waals surface area contributed by atoms with Gasteiger partial charge in [-0.2, -0.15) is 0 Å². The highest BCUT2D eigenvalue weighted by Crippen LogP contribution is 2.37.